The highest BCUT2D eigenvalue weighted by Gasteiger charge is 2.36. The number of hydrogen-bond donors (Lipinski definition) is 0. The van der Waals surface area contributed by atoms with E-state index in [1.54, 1.807) is 6.07 Å². The quantitative estimate of drug-likeness (QED) is 0.718. The smallest absolute Gasteiger partial charge is 0.254 e. The van der Waals surface area contributed by atoms with E-state index in [2.05, 4.69) is 12.1 Å². The Hall–Kier alpha value is -2.16. The molecule has 0 aromatic heterocycles. The maximum atomic E-state index is 13.4. The van der Waals surface area contributed by atoms with Crippen LogP contribution in [0.1, 0.15) is 33.1 Å². The Morgan fingerprint density at radius 2 is 1.95 bits per heavy atom. The summed E-state index contributed by atoms with van der Waals surface area (Å²) in [5, 5.41) is 0. The molecule has 0 bridgehead atoms. The summed E-state index contributed by atoms with van der Waals surface area (Å²) in [5.74, 6) is -0.236. The second-order valence-corrected chi connectivity index (χ2v) is 5.47. The first-order valence-electron chi connectivity index (χ1n) is 6.91. The molecule has 0 aliphatic carbocycles. The predicted octanol–water partition coefficient (Wildman–Crippen LogP) is 3.12. The van der Waals surface area contributed by atoms with E-state index in [9.17, 15) is 9.18 Å². The van der Waals surface area contributed by atoms with Crippen LogP contribution < -0.4 is 0 Å². The fourth-order valence-electron chi connectivity index (χ4n) is 3.42. The van der Waals surface area contributed by atoms with E-state index in [-0.39, 0.29) is 17.8 Å². The summed E-state index contributed by atoms with van der Waals surface area (Å²) in [7, 11) is 0. The van der Waals surface area contributed by atoms with Crippen LogP contribution in [0, 0.1) is 5.82 Å². The molecule has 0 fully saturated rings. The van der Waals surface area contributed by atoms with Gasteiger partial charge in [-0.25, -0.2) is 4.39 Å². The minimum atomic E-state index is -0.269. The van der Waals surface area contributed by atoms with Gasteiger partial charge in [0.15, 0.2) is 0 Å². The van der Waals surface area contributed by atoms with Gasteiger partial charge < -0.3 is 4.90 Å². The van der Waals surface area contributed by atoms with Crippen LogP contribution in [-0.4, -0.2) is 17.4 Å². The average Bonchev–Trinajstić information content (AvgIpc) is 2.47. The molecule has 2 aliphatic rings. The Bertz CT molecular complexity index is 710. The SMILES string of the molecule is O=C1c2ccc(F)cc2C[C@H]2c3ccccc3CCN12. The van der Waals surface area contributed by atoms with Crippen LogP contribution in [0.4, 0.5) is 4.39 Å². The van der Waals surface area contributed by atoms with Crippen molar-refractivity contribution in [1.29, 1.82) is 0 Å². The van der Waals surface area contributed by atoms with Gasteiger partial charge in [0.05, 0.1) is 6.04 Å². The van der Waals surface area contributed by atoms with Crippen molar-refractivity contribution in [3.05, 3.63) is 70.5 Å². The van der Waals surface area contributed by atoms with Gasteiger partial charge in [0.2, 0.25) is 0 Å². The molecular weight excluding hydrogens is 253 g/mol. The molecule has 20 heavy (non-hydrogen) atoms. The van der Waals surface area contributed by atoms with Crippen LogP contribution in [0.25, 0.3) is 0 Å². The summed E-state index contributed by atoms with van der Waals surface area (Å²) in [6.07, 6.45) is 1.60. The molecule has 0 spiro atoms. The first kappa shape index (κ1) is 11.6. The van der Waals surface area contributed by atoms with E-state index in [1.165, 1.54) is 23.3 Å². The zero-order valence-corrected chi connectivity index (χ0v) is 11.0. The number of amides is 1. The lowest BCUT2D eigenvalue weighted by molar-refractivity contribution is 0.0631. The van der Waals surface area contributed by atoms with Crippen molar-refractivity contribution in [2.45, 2.75) is 18.9 Å². The molecule has 0 saturated heterocycles. The third-order valence-electron chi connectivity index (χ3n) is 4.38. The van der Waals surface area contributed by atoms with Gasteiger partial charge in [-0.15, -0.1) is 0 Å². The molecule has 2 aromatic rings. The molecule has 1 atom stereocenters. The summed E-state index contributed by atoms with van der Waals surface area (Å²) in [5.41, 5.74) is 4.00. The molecule has 2 aromatic carbocycles. The van der Waals surface area contributed by atoms with Gasteiger partial charge >= 0.3 is 0 Å². The summed E-state index contributed by atoms with van der Waals surface area (Å²) >= 11 is 0. The second-order valence-electron chi connectivity index (χ2n) is 5.47. The molecule has 0 N–H and O–H groups in total. The van der Waals surface area contributed by atoms with Gasteiger partial charge in [0.1, 0.15) is 5.82 Å². The molecule has 1 amide bonds. The molecule has 2 nitrogen and oxygen atoms in total. The van der Waals surface area contributed by atoms with Crippen molar-refractivity contribution in [3.8, 4) is 0 Å². The van der Waals surface area contributed by atoms with E-state index in [0.29, 0.717) is 12.0 Å². The average molecular weight is 267 g/mol. The highest BCUT2D eigenvalue weighted by Crippen LogP contribution is 2.37. The fraction of sp³-hybridized carbons (Fsp3) is 0.235. The van der Waals surface area contributed by atoms with E-state index >= 15 is 0 Å². The lowest BCUT2D eigenvalue weighted by atomic mass is 9.84. The first-order chi connectivity index (χ1) is 9.74. The molecule has 100 valence electrons. The minimum absolute atomic E-state index is 0.0331. The molecule has 4 rings (SSSR count). The number of nitrogens with zero attached hydrogens (tertiary/aromatic N) is 1. The molecule has 3 heteroatoms. The minimum Gasteiger partial charge on any atom is -0.331 e. The number of rotatable bonds is 0. The van der Waals surface area contributed by atoms with Crippen molar-refractivity contribution in [2.75, 3.05) is 6.54 Å². The Morgan fingerprint density at radius 1 is 1.10 bits per heavy atom. The Labute approximate surface area is 116 Å². The van der Waals surface area contributed by atoms with Crippen LogP contribution in [-0.2, 0) is 12.8 Å². The third kappa shape index (κ3) is 1.59. The number of hydrogen-bond acceptors (Lipinski definition) is 1. The molecule has 0 unspecified atom stereocenters. The summed E-state index contributed by atoms with van der Waals surface area (Å²) in [6.45, 7) is 0.747. The lowest BCUT2D eigenvalue weighted by Gasteiger charge is -2.41. The monoisotopic (exact) mass is 267 g/mol. The maximum absolute atomic E-state index is 13.4. The lowest BCUT2D eigenvalue weighted by Crippen LogP contribution is -2.44. The van der Waals surface area contributed by atoms with Crippen molar-refractivity contribution < 1.29 is 9.18 Å². The Kier molecular flexibility index (Phi) is 2.43. The Morgan fingerprint density at radius 3 is 2.85 bits per heavy atom. The second kappa shape index (κ2) is 4.17. The highest BCUT2D eigenvalue weighted by atomic mass is 19.1. The molecular formula is C17H14FNO. The zero-order valence-electron chi connectivity index (χ0n) is 11.0. The van der Waals surface area contributed by atoms with Crippen LogP contribution in [0.2, 0.25) is 0 Å². The summed E-state index contributed by atoms with van der Waals surface area (Å²) in [6, 6.07) is 12.8. The van der Waals surface area contributed by atoms with Crippen molar-refractivity contribution in [2.24, 2.45) is 0 Å². The maximum Gasteiger partial charge on any atom is 0.254 e. The van der Waals surface area contributed by atoms with Gasteiger partial charge in [-0.1, -0.05) is 24.3 Å². The molecule has 2 heterocycles. The van der Waals surface area contributed by atoms with Gasteiger partial charge in [0, 0.05) is 12.1 Å². The van der Waals surface area contributed by atoms with Crippen LogP contribution in [0.5, 0.6) is 0 Å². The van der Waals surface area contributed by atoms with Crippen molar-refractivity contribution >= 4 is 5.91 Å². The van der Waals surface area contributed by atoms with E-state index in [0.717, 1.165) is 18.5 Å². The highest BCUT2D eigenvalue weighted by molar-refractivity contribution is 5.97. The fourth-order valence-corrected chi connectivity index (χ4v) is 3.42. The number of fused-ring (bicyclic) bond motifs is 4. The summed E-state index contributed by atoms with van der Waals surface area (Å²) < 4.78 is 13.4. The first-order valence-corrected chi connectivity index (χ1v) is 6.91. The van der Waals surface area contributed by atoms with E-state index in [4.69, 9.17) is 0 Å². The summed E-state index contributed by atoms with van der Waals surface area (Å²) in [4.78, 5) is 14.5. The zero-order chi connectivity index (χ0) is 13.7. The largest absolute Gasteiger partial charge is 0.331 e. The standard InChI is InChI=1S/C17H14FNO/c18-13-5-6-15-12(9-13)10-16-14-4-2-1-3-11(14)7-8-19(16)17(15)20/h1-6,9,16H,7-8,10H2/t16-/m0/s1. The van der Waals surface area contributed by atoms with Gasteiger partial charge in [-0.05, 0) is 47.7 Å². The number of halogens is 1. The van der Waals surface area contributed by atoms with Crippen LogP contribution in [0.15, 0.2) is 42.5 Å². The van der Waals surface area contributed by atoms with E-state index in [1.807, 2.05) is 17.0 Å². The Balaban J connectivity index is 1.85. The number of carbonyl (C=O) groups excluding carboxylic acids is 1. The van der Waals surface area contributed by atoms with Crippen LogP contribution in [0.3, 0.4) is 0 Å². The molecule has 0 radical (unpaired) electrons. The molecule has 2 aliphatic heterocycles. The van der Waals surface area contributed by atoms with Crippen molar-refractivity contribution in [1.82, 2.24) is 4.90 Å². The van der Waals surface area contributed by atoms with Gasteiger partial charge in [0.25, 0.3) is 5.91 Å². The normalized spacial score (nSPS) is 20.1. The number of benzene rings is 2. The van der Waals surface area contributed by atoms with Crippen molar-refractivity contribution in [3.63, 3.8) is 0 Å². The number of carbonyl (C=O) groups is 1. The van der Waals surface area contributed by atoms with E-state index < -0.39 is 0 Å². The third-order valence-corrected chi connectivity index (χ3v) is 4.38. The predicted molar refractivity (Wildman–Crippen MR) is 74.0 cm³/mol. The van der Waals surface area contributed by atoms with Gasteiger partial charge in [-0.2, -0.15) is 0 Å². The topological polar surface area (TPSA) is 20.3 Å². The van der Waals surface area contributed by atoms with Gasteiger partial charge in [-0.3, -0.25) is 4.79 Å². The molecule has 0 saturated carbocycles. The van der Waals surface area contributed by atoms with Crippen LogP contribution >= 0.6 is 0 Å².